The van der Waals surface area contributed by atoms with Crippen molar-refractivity contribution in [1.29, 1.82) is 0 Å². The first-order valence-electron chi connectivity index (χ1n) is 49.6. The molecule has 8 aromatic heterocycles. The molecule has 0 amide bonds. The molecule has 20 heteroatoms. The number of hydrogen-bond acceptors (Lipinski definition) is 16. The first-order chi connectivity index (χ1) is 62.2. The van der Waals surface area contributed by atoms with Crippen LogP contribution < -0.4 is 22.9 Å². The summed E-state index contributed by atoms with van der Waals surface area (Å²) in [5.74, 6) is 1.52. The normalized spacial score (nSPS) is 22.4. The van der Waals surface area contributed by atoms with Crippen molar-refractivity contribution in [2.75, 3.05) is 52.3 Å². The fourth-order valence-electron chi connectivity index (χ4n) is 13.8. The van der Waals surface area contributed by atoms with Crippen LogP contribution in [0, 0.1) is 0 Å². The molecule has 16 rings (SSSR count). The van der Waals surface area contributed by atoms with E-state index in [0.29, 0.717) is 124 Å². The number of para-hydroxylation sites is 8. The second kappa shape index (κ2) is 37.7. The van der Waals surface area contributed by atoms with E-state index in [1.807, 2.05) is 46.2 Å². The number of nitrogens with zero attached hydrogens (tertiary/aromatic N) is 12. The number of aromatic nitrogens is 12. The number of pyridine rings is 4. The number of aromatic amines is 4. The Morgan fingerprint density at radius 1 is 0.385 bits per heavy atom. The van der Waals surface area contributed by atoms with Crippen LogP contribution in [0.4, 0.5) is 0 Å². The minimum absolute atomic E-state index is 0.0204. The molecule has 8 heterocycles. The summed E-state index contributed by atoms with van der Waals surface area (Å²) in [5, 5.41) is 0. The Hall–Kier alpha value is -8.96. The van der Waals surface area contributed by atoms with Crippen LogP contribution in [-0.2, 0) is 51.9 Å². The molecule has 0 bridgehead atoms. The number of H-pyrrole nitrogens is 4. The molecular weight excluding hydrogens is 1290 g/mol. The molecule has 0 unspecified atom stereocenters. The van der Waals surface area contributed by atoms with Crippen LogP contribution in [0.3, 0.4) is 0 Å². The van der Waals surface area contributed by atoms with Gasteiger partial charge in [0.15, 0.2) is 0 Å². The fourth-order valence-corrected chi connectivity index (χ4v) is 13.8. The van der Waals surface area contributed by atoms with Crippen LogP contribution in [0.5, 0.6) is 0 Å². The quantitative estimate of drug-likeness (QED) is 0.0212. The summed E-state index contributed by atoms with van der Waals surface area (Å²) in [7, 11) is 0. The van der Waals surface area contributed by atoms with Crippen molar-refractivity contribution in [2.45, 2.75) is 179 Å². The van der Waals surface area contributed by atoms with Gasteiger partial charge < -0.3 is 42.9 Å². The number of aryl methyl sites for hydroxylation is 3. The van der Waals surface area contributed by atoms with E-state index in [-0.39, 0.29) is 198 Å². The molecular formula is C84H108N20. The van der Waals surface area contributed by atoms with E-state index in [1.165, 1.54) is 4.90 Å². The average molecular weight is 1430 g/mol. The van der Waals surface area contributed by atoms with Crippen molar-refractivity contribution in [3.63, 3.8) is 0 Å². The fraction of sp³-hybridized carbons (Fsp3) is 0.429. The molecule has 0 spiro atoms. The van der Waals surface area contributed by atoms with Gasteiger partial charge in [-0.2, -0.15) is 0 Å². The van der Waals surface area contributed by atoms with Gasteiger partial charge in [0.1, 0.15) is 23.3 Å². The van der Waals surface area contributed by atoms with E-state index in [0.717, 1.165) is 92.3 Å². The molecule has 20 nitrogen and oxygen atoms in total. The van der Waals surface area contributed by atoms with E-state index in [2.05, 4.69) is 59.8 Å². The highest BCUT2D eigenvalue weighted by molar-refractivity contribution is 5.76. The van der Waals surface area contributed by atoms with Crippen molar-refractivity contribution >= 4 is 44.1 Å². The highest BCUT2D eigenvalue weighted by Gasteiger charge is 2.32. The standard InChI is InChI=1S/4C21H27N5/c4*22-12-3-4-14-26(15-20-24-17-9-1-2-10-18(17)25-20)19-11-5-7-16-8-6-13-23-21(16)19/h4*1-2,6,8-10,13,19H,3-5,7,11-12,14-15,22H2,(H,24,25)/t4*19-/m0000/s1/i1D,2D,6D,8D,9D,10D,13D,19D;1D,2D,4D2,9D,10D,14D2;1D,2D,9D,10D,19D;1D,2D,9D,10D,14D2. The van der Waals surface area contributed by atoms with Crippen molar-refractivity contribution in [3.8, 4) is 0 Å². The Kier molecular flexibility index (Phi) is 16.9. The minimum atomic E-state index is -2.45. The van der Waals surface area contributed by atoms with Crippen LogP contribution in [0.1, 0.15) is 232 Å². The van der Waals surface area contributed by atoms with Gasteiger partial charge in [0.25, 0.3) is 0 Å². The minimum Gasteiger partial charge on any atom is -0.341 e. The van der Waals surface area contributed by atoms with Gasteiger partial charge in [0.2, 0.25) is 0 Å². The lowest BCUT2D eigenvalue weighted by Gasteiger charge is -2.34. The maximum atomic E-state index is 9.42. The second-order valence-electron chi connectivity index (χ2n) is 25.9. The Morgan fingerprint density at radius 2 is 0.750 bits per heavy atom. The number of hydrogen-bond donors (Lipinski definition) is 8. The van der Waals surface area contributed by atoms with Gasteiger partial charge in [-0.15, -0.1) is 0 Å². The lowest BCUT2D eigenvalue weighted by molar-refractivity contribution is 0.159. The number of fused-ring (bicyclic) bond motifs is 8. The zero-order valence-corrected chi connectivity index (χ0v) is 58.5. The summed E-state index contributed by atoms with van der Waals surface area (Å²) in [6.07, 6.45) is 15.0. The van der Waals surface area contributed by atoms with Gasteiger partial charge in [0.05, 0.1) is 146 Å². The van der Waals surface area contributed by atoms with Gasteiger partial charge in [-0.1, -0.05) is 72.6 Å². The zero-order chi connectivity index (χ0) is 94.8. The van der Waals surface area contributed by atoms with Crippen molar-refractivity contribution < 1.29 is 37.0 Å². The van der Waals surface area contributed by atoms with E-state index in [9.17, 15) is 2.74 Å². The molecule has 0 aliphatic heterocycles. The maximum Gasteiger partial charge on any atom is 0.121 e. The van der Waals surface area contributed by atoms with Crippen LogP contribution in [0.2, 0.25) is 0 Å². The summed E-state index contributed by atoms with van der Waals surface area (Å²) in [4.78, 5) is 54.7. The summed E-state index contributed by atoms with van der Waals surface area (Å²) in [6, 6.07) is 3.91. The summed E-state index contributed by atoms with van der Waals surface area (Å²) < 4.78 is 224. The predicted molar refractivity (Wildman–Crippen MR) is 419 cm³/mol. The number of unbranched alkanes of at least 4 members (excludes halogenated alkanes) is 2. The molecule has 12 N–H and O–H groups in total. The number of benzene rings is 4. The molecule has 4 aliphatic rings. The van der Waals surface area contributed by atoms with Gasteiger partial charge in [0, 0.05) is 33.0 Å². The number of nitrogens with two attached hydrogens (primary N) is 4. The first kappa shape index (κ1) is 46.8. The van der Waals surface area contributed by atoms with Gasteiger partial charge in [-0.05, 0) is 275 Å². The topological polar surface area (TPSA) is 283 Å². The van der Waals surface area contributed by atoms with Crippen LogP contribution in [-0.4, -0.2) is 132 Å². The molecule has 0 fully saturated rings. The third-order valence-electron chi connectivity index (χ3n) is 18.7. The second-order valence-corrected chi connectivity index (χ2v) is 25.9. The molecule has 4 aliphatic carbocycles. The number of imidazole rings is 4. The van der Waals surface area contributed by atoms with Gasteiger partial charge in [-0.25, -0.2) is 19.9 Å². The third kappa shape index (κ3) is 19.1. The molecule has 0 radical (unpaired) electrons. The van der Waals surface area contributed by atoms with Crippen LogP contribution in [0.15, 0.2) is 170 Å². The van der Waals surface area contributed by atoms with Crippen LogP contribution >= 0.6 is 0 Å². The molecule has 104 heavy (non-hydrogen) atoms. The average Bonchev–Trinajstić information content (AvgIpc) is 1.72. The Bertz CT molecular complexity index is 5970. The zero-order valence-electron chi connectivity index (χ0n) is 85.5. The monoisotopic (exact) mass is 1420 g/mol. The highest BCUT2D eigenvalue weighted by Crippen LogP contribution is 2.38. The van der Waals surface area contributed by atoms with Crippen molar-refractivity contribution in [1.82, 2.24) is 79.4 Å². The molecule has 544 valence electrons. The SMILES string of the molecule is [2H]c1c([2H])c([2H])c2[nH]c(CN(CCCCN)[C@@]3([2H])CCCc4cccnc43)nc2c1[2H].[2H]c1c([2H])c([2H])c2[nH]c(CN([C@H]3CCCc4cccnc43)C([2H])([2H])C([2H])([2H])CCN)nc2c1[2H].[2H]c1c([2H])c([2H])c2[nH]c(CN([C@H]3CCCc4cccnc43)C([2H])([2H])CCCN)nc2c1[2H].[2H]c1nc2c(c([2H])c1[2H])CCC[C@]2([2H])N(CCCCN)Cc1nc2c([2H])c([2H])c([2H])c([2H])c2[nH]1. The summed E-state index contributed by atoms with van der Waals surface area (Å²) in [5.41, 5.74) is 30.5. The Morgan fingerprint density at radius 3 is 1.19 bits per heavy atom. The smallest absolute Gasteiger partial charge is 0.121 e. The van der Waals surface area contributed by atoms with Crippen molar-refractivity contribution in [3.05, 3.63) is 238 Å². The Labute approximate surface area is 651 Å². The predicted octanol–water partition coefficient (Wildman–Crippen LogP) is 14.3. The van der Waals surface area contributed by atoms with Gasteiger partial charge in [-0.3, -0.25) is 39.5 Å². The van der Waals surface area contributed by atoms with Crippen molar-refractivity contribution in [2.24, 2.45) is 22.9 Å². The lowest BCUT2D eigenvalue weighted by Crippen LogP contribution is -2.33. The van der Waals surface area contributed by atoms with E-state index in [1.54, 1.807) is 23.5 Å². The van der Waals surface area contributed by atoms with Gasteiger partial charge >= 0.3 is 0 Å². The van der Waals surface area contributed by atoms with Crippen LogP contribution in [0.25, 0.3) is 44.1 Å². The summed E-state index contributed by atoms with van der Waals surface area (Å²) in [6.45, 7) is -1.13. The first-order valence-corrected chi connectivity index (χ1v) is 36.1. The molecule has 4 aromatic carbocycles. The summed E-state index contributed by atoms with van der Waals surface area (Å²) >= 11 is 0. The maximum absolute atomic E-state index is 9.42. The molecule has 0 saturated carbocycles. The molecule has 12 aromatic rings. The Balaban J connectivity index is 0.000000149. The largest absolute Gasteiger partial charge is 0.341 e. The number of nitrogens with one attached hydrogen (secondary N) is 4. The molecule has 0 saturated heterocycles. The third-order valence-corrected chi connectivity index (χ3v) is 18.7. The lowest BCUT2D eigenvalue weighted by atomic mass is 9.90. The van der Waals surface area contributed by atoms with E-state index >= 15 is 0 Å². The highest BCUT2D eigenvalue weighted by atomic mass is 15.2. The molecule has 4 atom stereocenters. The van der Waals surface area contributed by atoms with E-state index < -0.39 is 43.5 Å². The van der Waals surface area contributed by atoms with E-state index in [4.69, 9.17) is 57.2 Å². The number of rotatable bonds is 28.